The van der Waals surface area contributed by atoms with E-state index >= 15 is 0 Å². The number of fused-ring (bicyclic) bond motifs is 2. The second-order valence-corrected chi connectivity index (χ2v) is 8.86. The van der Waals surface area contributed by atoms with Crippen LogP contribution in [-0.4, -0.2) is 12.6 Å². The van der Waals surface area contributed by atoms with Crippen molar-refractivity contribution in [3.05, 3.63) is 20.8 Å². The van der Waals surface area contributed by atoms with Gasteiger partial charge in [0.1, 0.15) is 0 Å². The van der Waals surface area contributed by atoms with Crippen LogP contribution in [0.3, 0.4) is 0 Å². The molecule has 19 heavy (non-hydrogen) atoms. The van der Waals surface area contributed by atoms with E-state index in [-0.39, 0.29) is 0 Å². The highest BCUT2D eigenvalue weighted by atomic mass is 79.9. The van der Waals surface area contributed by atoms with Crippen molar-refractivity contribution in [1.29, 1.82) is 0 Å². The minimum Gasteiger partial charge on any atom is -0.313 e. The summed E-state index contributed by atoms with van der Waals surface area (Å²) >= 11 is 5.49. The fraction of sp³-hybridized carbons (Fsp3) is 0.750. The van der Waals surface area contributed by atoms with Crippen LogP contribution in [0.4, 0.5) is 0 Å². The molecule has 0 saturated heterocycles. The Hall–Kier alpha value is 0.140. The monoisotopic (exact) mass is 341 g/mol. The maximum Gasteiger partial charge on any atom is 0.0701 e. The number of thiophene rings is 1. The molecule has 106 valence electrons. The van der Waals surface area contributed by atoms with E-state index in [9.17, 15) is 0 Å². The molecule has 1 heterocycles. The fourth-order valence-electron chi connectivity index (χ4n) is 4.17. The molecule has 2 saturated carbocycles. The molecule has 1 aromatic heterocycles. The van der Waals surface area contributed by atoms with Crippen LogP contribution in [0.25, 0.3) is 0 Å². The van der Waals surface area contributed by atoms with Crippen LogP contribution in [0.15, 0.2) is 15.9 Å². The lowest BCUT2D eigenvalue weighted by atomic mass is 9.81. The van der Waals surface area contributed by atoms with Gasteiger partial charge in [-0.05, 0) is 84.5 Å². The van der Waals surface area contributed by atoms with Gasteiger partial charge in [-0.3, -0.25) is 0 Å². The van der Waals surface area contributed by atoms with Crippen molar-refractivity contribution in [1.82, 2.24) is 5.32 Å². The summed E-state index contributed by atoms with van der Waals surface area (Å²) in [5.74, 6) is 3.00. The first kappa shape index (κ1) is 14.1. The maximum atomic E-state index is 3.85. The zero-order chi connectivity index (χ0) is 13.2. The molecule has 4 unspecified atom stereocenters. The third-order valence-corrected chi connectivity index (χ3v) is 6.66. The second kappa shape index (κ2) is 6.28. The van der Waals surface area contributed by atoms with Crippen molar-refractivity contribution >= 4 is 27.3 Å². The van der Waals surface area contributed by atoms with E-state index in [2.05, 4.69) is 40.3 Å². The van der Waals surface area contributed by atoms with Crippen molar-refractivity contribution in [3.63, 3.8) is 0 Å². The minimum absolute atomic E-state index is 0.709. The normalized spacial score (nSPS) is 30.9. The SMILES string of the molecule is CCCNC(Cc1ccc(Br)s1)C1CC2CCC1C2. The molecule has 3 heteroatoms. The van der Waals surface area contributed by atoms with Crippen LogP contribution < -0.4 is 5.32 Å². The summed E-state index contributed by atoms with van der Waals surface area (Å²) in [6, 6.07) is 5.20. The number of rotatable bonds is 6. The third-order valence-electron chi connectivity index (χ3n) is 5.02. The Balaban J connectivity index is 1.66. The summed E-state index contributed by atoms with van der Waals surface area (Å²) in [7, 11) is 0. The lowest BCUT2D eigenvalue weighted by Gasteiger charge is -2.31. The molecule has 4 atom stereocenters. The molecule has 2 aliphatic carbocycles. The standard InChI is InChI=1S/C16H24BrNS/c1-2-7-18-15(10-13-5-6-16(17)19-13)14-9-11-3-4-12(14)8-11/h5-6,11-12,14-15,18H,2-4,7-10H2,1H3. The van der Waals surface area contributed by atoms with Gasteiger partial charge in [-0.25, -0.2) is 0 Å². The summed E-state index contributed by atoms with van der Waals surface area (Å²) in [5, 5.41) is 3.85. The fourth-order valence-corrected chi connectivity index (χ4v) is 5.71. The van der Waals surface area contributed by atoms with Crippen molar-refractivity contribution in [2.24, 2.45) is 17.8 Å². The van der Waals surface area contributed by atoms with Crippen molar-refractivity contribution in [3.8, 4) is 0 Å². The predicted octanol–water partition coefficient (Wildman–Crippen LogP) is 4.86. The number of nitrogens with one attached hydrogen (secondary N) is 1. The molecule has 0 spiro atoms. The van der Waals surface area contributed by atoms with E-state index < -0.39 is 0 Å². The van der Waals surface area contributed by atoms with Crippen molar-refractivity contribution < 1.29 is 0 Å². The zero-order valence-corrected chi connectivity index (χ0v) is 14.1. The molecule has 0 amide bonds. The largest absolute Gasteiger partial charge is 0.313 e. The highest BCUT2D eigenvalue weighted by molar-refractivity contribution is 9.11. The van der Waals surface area contributed by atoms with Crippen LogP contribution >= 0.6 is 27.3 Å². The Morgan fingerprint density at radius 1 is 1.37 bits per heavy atom. The summed E-state index contributed by atoms with van der Waals surface area (Å²) in [5.41, 5.74) is 0. The summed E-state index contributed by atoms with van der Waals surface area (Å²) in [4.78, 5) is 1.53. The first-order chi connectivity index (χ1) is 9.26. The quantitative estimate of drug-likeness (QED) is 0.779. The molecule has 2 fully saturated rings. The molecule has 1 aromatic rings. The Labute approximate surface area is 129 Å². The van der Waals surface area contributed by atoms with Crippen LogP contribution in [-0.2, 0) is 6.42 Å². The maximum absolute atomic E-state index is 3.85. The van der Waals surface area contributed by atoms with Gasteiger partial charge in [-0.15, -0.1) is 11.3 Å². The van der Waals surface area contributed by atoms with Gasteiger partial charge < -0.3 is 5.32 Å². The Morgan fingerprint density at radius 2 is 2.26 bits per heavy atom. The van der Waals surface area contributed by atoms with Crippen LogP contribution in [0.2, 0.25) is 0 Å². The molecule has 0 aromatic carbocycles. The van der Waals surface area contributed by atoms with Gasteiger partial charge in [0, 0.05) is 10.9 Å². The van der Waals surface area contributed by atoms with Crippen molar-refractivity contribution in [2.75, 3.05) is 6.54 Å². The second-order valence-electron chi connectivity index (χ2n) is 6.31. The van der Waals surface area contributed by atoms with Crippen molar-refractivity contribution in [2.45, 2.75) is 51.5 Å². The van der Waals surface area contributed by atoms with E-state index in [1.807, 2.05) is 11.3 Å². The Kier molecular flexibility index (Phi) is 4.66. The summed E-state index contributed by atoms with van der Waals surface area (Å²) in [6.45, 7) is 3.44. The number of halogens is 1. The minimum atomic E-state index is 0.709. The van der Waals surface area contributed by atoms with Gasteiger partial charge in [0.05, 0.1) is 3.79 Å². The van der Waals surface area contributed by atoms with E-state index in [1.54, 1.807) is 0 Å². The van der Waals surface area contributed by atoms with E-state index in [1.165, 1.54) is 53.7 Å². The highest BCUT2D eigenvalue weighted by Crippen LogP contribution is 2.50. The van der Waals surface area contributed by atoms with Gasteiger partial charge >= 0.3 is 0 Å². The molecule has 1 N–H and O–H groups in total. The molecule has 2 aliphatic rings. The molecule has 3 rings (SSSR count). The number of hydrogen-bond acceptors (Lipinski definition) is 2. The molecular formula is C16H24BrNS. The lowest BCUT2D eigenvalue weighted by molar-refractivity contribution is 0.247. The third kappa shape index (κ3) is 3.25. The van der Waals surface area contributed by atoms with E-state index in [0.29, 0.717) is 6.04 Å². The topological polar surface area (TPSA) is 12.0 Å². The van der Waals surface area contributed by atoms with Crippen LogP contribution in [0, 0.1) is 17.8 Å². The zero-order valence-electron chi connectivity index (χ0n) is 11.7. The van der Waals surface area contributed by atoms with Gasteiger partial charge in [0.15, 0.2) is 0 Å². The molecule has 0 aliphatic heterocycles. The molecule has 2 bridgehead atoms. The number of hydrogen-bond donors (Lipinski definition) is 1. The smallest absolute Gasteiger partial charge is 0.0701 e. The van der Waals surface area contributed by atoms with Gasteiger partial charge in [0.2, 0.25) is 0 Å². The molecule has 1 nitrogen and oxygen atoms in total. The van der Waals surface area contributed by atoms with Gasteiger partial charge in [0.25, 0.3) is 0 Å². The molecule has 0 radical (unpaired) electrons. The van der Waals surface area contributed by atoms with Gasteiger partial charge in [-0.1, -0.05) is 13.3 Å². The first-order valence-corrected chi connectivity index (χ1v) is 9.34. The summed E-state index contributed by atoms with van der Waals surface area (Å²) in [6.07, 6.45) is 8.47. The molecular weight excluding hydrogens is 318 g/mol. The summed E-state index contributed by atoms with van der Waals surface area (Å²) < 4.78 is 1.27. The predicted molar refractivity (Wildman–Crippen MR) is 86.7 cm³/mol. The van der Waals surface area contributed by atoms with Crippen LogP contribution in [0.5, 0.6) is 0 Å². The highest BCUT2D eigenvalue weighted by Gasteiger charge is 2.42. The van der Waals surface area contributed by atoms with E-state index in [4.69, 9.17) is 0 Å². The first-order valence-electron chi connectivity index (χ1n) is 7.74. The van der Waals surface area contributed by atoms with Gasteiger partial charge in [-0.2, -0.15) is 0 Å². The average Bonchev–Trinajstić information content (AvgIpc) is 3.10. The van der Waals surface area contributed by atoms with E-state index in [0.717, 1.165) is 17.8 Å². The van der Waals surface area contributed by atoms with Crippen LogP contribution in [0.1, 0.15) is 43.9 Å². The lowest BCUT2D eigenvalue weighted by Crippen LogP contribution is -2.40. The Morgan fingerprint density at radius 3 is 2.84 bits per heavy atom. The average molecular weight is 342 g/mol. The Bertz CT molecular complexity index is 417.